The first kappa shape index (κ1) is 24.3. The molecule has 1 fully saturated rings. The van der Waals surface area contributed by atoms with Crippen molar-refractivity contribution in [2.75, 3.05) is 19.7 Å². The highest BCUT2D eigenvalue weighted by Gasteiger charge is 2.31. The first-order valence-electron chi connectivity index (χ1n) is 12.3. The highest BCUT2D eigenvalue weighted by atomic mass is 32.2. The summed E-state index contributed by atoms with van der Waals surface area (Å²) in [5.41, 5.74) is 3.50. The SMILES string of the molecule is CCCOc1cccc(-c2nn(-c3ccccc3)cc2/C=C2\SC(N3CC(C)OC(C)C3)=NC2=O)c1. The molecule has 0 spiro atoms. The summed E-state index contributed by atoms with van der Waals surface area (Å²) in [4.78, 5) is 20.0. The normalized spacial score (nSPS) is 21.2. The van der Waals surface area contributed by atoms with Crippen LogP contribution in [0.2, 0.25) is 0 Å². The first-order valence-corrected chi connectivity index (χ1v) is 13.1. The lowest BCUT2D eigenvalue weighted by Gasteiger charge is -2.35. The Kier molecular flexibility index (Phi) is 7.25. The lowest BCUT2D eigenvalue weighted by atomic mass is 10.1. The molecule has 0 radical (unpaired) electrons. The van der Waals surface area contributed by atoms with Gasteiger partial charge in [0.15, 0.2) is 5.17 Å². The number of hydrogen-bond donors (Lipinski definition) is 0. The van der Waals surface area contributed by atoms with Crippen LogP contribution in [-0.4, -0.2) is 57.7 Å². The molecule has 5 rings (SSSR count). The Labute approximate surface area is 215 Å². The quantitative estimate of drug-likeness (QED) is 0.420. The predicted octanol–water partition coefficient (Wildman–Crippen LogP) is 5.41. The smallest absolute Gasteiger partial charge is 0.286 e. The second-order valence-corrected chi connectivity index (χ2v) is 10.1. The van der Waals surface area contributed by atoms with E-state index < -0.39 is 0 Å². The number of nitrogens with zero attached hydrogens (tertiary/aromatic N) is 4. The van der Waals surface area contributed by atoms with Crippen LogP contribution in [0.15, 0.2) is 70.7 Å². The minimum Gasteiger partial charge on any atom is -0.494 e. The maximum absolute atomic E-state index is 12.9. The highest BCUT2D eigenvalue weighted by molar-refractivity contribution is 8.18. The third kappa shape index (κ3) is 5.39. The summed E-state index contributed by atoms with van der Waals surface area (Å²) in [6.45, 7) is 8.27. The molecule has 36 heavy (non-hydrogen) atoms. The molecule has 2 aliphatic rings. The van der Waals surface area contributed by atoms with Crippen LogP contribution >= 0.6 is 11.8 Å². The Bertz CT molecular complexity index is 1290. The average molecular weight is 503 g/mol. The van der Waals surface area contributed by atoms with E-state index in [1.165, 1.54) is 11.8 Å². The number of para-hydroxylation sites is 1. The fraction of sp³-hybridized carbons (Fsp3) is 0.321. The maximum atomic E-state index is 12.9. The second kappa shape index (κ2) is 10.7. The van der Waals surface area contributed by atoms with Gasteiger partial charge in [-0.15, -0.1) is 0 Å². The van der Waals surface area contributed by atoms with Crippen molar-refractivity contribution in [2.24, 2.45) is 4.99 Å². The summed E-state index contributed by atoms with van der Waals surface area (Å²) in [7, 11) is 0. The van der Waals surface area contributed by atoms with Crippen molar-refractivity contribution in [3.05, 3.63) is 71.3 Å². The van der Waals surface area contributed by atoms with Gasteiger partial charge in [-0.3, -0.25) is 4.79 Å². The van der Waals surface area contributed by atoms with Gasteiger partial charge in [0.1, 0.15) is 11.4 Å². The number of ether oxygens (including phenoxy) is 2. The van der Waals surface area contributed by atoms with Crippen LogP contribution < -0.4 is 4.74 Å². The number of morpholine rings is 1. The molecular weight excluding hydrogens is 472 g/mol. The molecule has 1 amide bonds. The van der Waals surface area contributed by atoms with E-state index in [-0.39, 0.29) is 18.1 Å². The molecule has 1 saturated heterocycles. The molecule has 3 aromatic rings. The molecular formula is C28H30N4O3S. The number of hydrogen-bond acceptors (Lipinski definition) is 6. The van der Waals surface area contributed by atoms with Crippen LogP contribution in [0.25, 0.3) is 23.0 Å². The van der Waals surface area contributed by atoms with Gasteiger partial charge in [0.25, 0.3) is 5.91 Å². The standard InChI is InChI=1S/C28H30N4O3S/c1-4-13-34-24-12-8-9-21(14-24)26-22(18-32(30-26)23-10-6-5-7-11-23)15-25-27(33)29-28(36-25)31-16-19(2)35-20(3)17-31/h5-12,14-15,18-20H,4,13,16-17H2,1-3H3/b25-15-. The summed E-state index contributed by atoms with van der Waals surface area (Å²) in [6.07, 6.45) is 4.99. The molecule has 0 N–H and O–H groups in total. The van der Waals surface area contributed by atoms with E-state index >= 15 is 0 Å². The topological polar surface area (TPSA) is 68.9 Å². The van der Waals surface area contributed by atoms with Crippen molar-refractivity contribution < 1.29 is 14.3 Å². The van der Waals surface area contributed by atoms with Crippen LogP contribution in [0.3, 0.4) is 0 Å². The third-order valence-electron chi connectivity index (χ3n) is 5.93. The van der Waals surface area contributed by atoms with Crippen LogP contribution in [0.4, 0.5) is 0 Å². The van der Waals surface area contributed by atoms with Crippen LogP contribution in [0.5, 0.6) is 5.75 Å². The molecule has 3 heterocycles. The largest absolute Gasteiger partial charge is 0.494 e. The van der Waals surface area contributed by atoms with Crippen LogP contribution in [0, 0.1) is 0 Å². The minimum absolute atomic E-state index is 0.0955. The minimum atomic E-state index is -0.222. The fourth-order valence-electron chi connectivity index (χ4n) is 4.39. The third-order valence-corrected chi connectivity index (χ3v) is 6.97. The molecule has 1 aromatic heterocycles. The average Bonchev–Trinajstić information content (AvgIpc) is 3.47. The highest BCUT2D eigenvalue weighted by Crippen LogP contribution is 2.34. The molecule has 2 unspecified atom stereocenters. The zero-order chi connectivity index (χ0) is 25.1. The molecule has 2 aromatic carbocycles. The number of benzene rings is 2. The van der Waals surface area contributed by atoms with E-state index in [9.17, 15) is 4.79 Å². The van der Waals surface area contributed by atoms with Crippen molar-refractivity contribution >= 4 is 28.9 Å². The molecule has 186 valence electrons. The van der Waals surface area contributed by atoms with Gasteiger partial charge in [-0.25, -0.2) is 4.68 Å². The van der Waals surface area contributed by atoms with Gasteiger partial charge in [0.2, 0.25) is 0 Å². The van der Waals surface area contributed by atoms with Gasteiger partial charge in [-0.2, -0.15) is 10.1 Å². The Morgan fingerprint density at radius 2 is 1.89 bits per heavy atom. The van der Waals surface area contributed by atoms with Gasteiger partial charge >= 0.3 is 0 Å². The van der Waals surface area contributed by atoms with E-state index in [1.807, 2.05) is 85.4 Å². The molecule has 0 saturated carbocycles. The zero-order valence-electron chi connectivity index (χ0n) is 20.8. The molecule has 0 aliphatic carbocycles. The lowest BCUT2D eigenvalue weighted by molar-refractivity contribution is -0.113. The van der Waals surface area contributed by atoms with Crippen molar-refractivity contribution in [2.45, 2.75) is 39.4 Å². The van der Waals surface area contributed by atoms with E-state index in [0.29, 0.717) is 11.5 Å². The van der Waals surface area contributed by atoms with Crippen molar-refractivity contribution in [1.29, 1.82) is 0 Å². The Balaban J connectivity index is 1.49. The summed E-state index contributed by atoms with van der Waals surface area (Å²) < 4.78 is 13.5. The fourth-order valence-corrected chi connectivity index (χ4v) is 5.31. The van der Waals surface area contributed by atoms with Gasteiger partial charge < -0.3 is 14.4 Å². The summed E-state index contributed by atoms with van der Waals surface area (Å²) >= 11 is 1.42. The number of thioether (sulfide) groups is 1. The number of amides is 1. The maximum Gasteiger partial charge on any atom is 0.286 e. The van der Waals surface area contributed by atoms with Crippen molar-refractivity contribution in [1.82, 2.24) is 14.7 Å². The Hall–Kier alpha value is -3.36. The molecule has 8 heteroatoms. The number of carbonyl (C=O) groups excluding carboxylic acids is 1. The van der Waals surface area contributed by atoms with Gasteiger partial charge in [-0.1, -0.05) is 37.3 Å². The van der Waals surface area contributed by atoms with Gasteiger partial charge in [0.05, 0.1) is 29.4 Å². The number of rotatable bonds is 6. The summed E-state index contributed by atoms with van der Waals surface area (Å²) in [5.74, 6) is 0.579. The van der Waals surface area contributed by atoms with Gasteiger partial charge in [-0.05, 0) is 62.4 Å². The van der Waals surface area contributed by atoms with E-state index in [1.54, 1.807) is 0 Å². The summed E-state index contributed by atoms with van der Waals surface area (Å²) in [6, 6.07) is 17.9. The van der Waals surface area contributed by atoms with E-state index in [0.717, 1.165) is 52.9 Å². The van der Waals surface area contributed by atoms with E-state index in [4.69, 9.17) is 14.6 Å². The Morgan fingerprint density at radius 3 is 2.64 bits per heavy atom. The van der Waals surface area contributed by atoms with Gasteiger partial charge in [0, 0.05) is 30.4 Å². The number of aliphatic imine (C=N–C) groups is 1. The predicted molar refractivity (Wildman–Crippen MR) is 144 cm³/mol. The Morgan fingerprint density at radius 1 is 1.11 bits per heavy atom. The number of carbonyl (C=O) groups is 1. The van der Waals surface area contributed by atoms with Crippen LogP contribution in [-0.2, 0) is 9.53 Å². The van der Waals surface area contributed by atoms with E-state index in [2.05, 4.69) is 16.8 Å². The molecule has 2 aliphatic heterocycles. The van der Waals surface area contributed by atoms with Crippen molar-refractivity contribution in [3.63, 3.8) is 0 Å². The lowest BCUT2D eigenvalue weighted by Crippen LogP contribution is -2.47. The molecule has 0 bridgehead atoms. The van der Waals surface area contributed by atoms with Crippen LogP contribution in [0.1, 0.15) is 32.8 Å². The monoisotopic (exact) mass is 502 g/mol. The second-order valence-electron chi connectivity index (χ2n) is 9.06. The summed E-state index contributed by atoms with van der Waals surface area (Å²) in [5, 5.41) is 5.64. The first-order chi connectivity index (χ1) is 17.5. The van der Waals surface area contributed by atoms with Crippen molar-refractivity contribution in [3.8, 4) is 22.7 Å². The number of aromatic nitrogens is 2. The molecule has 7 nitrogen and oxygen atoms in total. The number of amidine groups is 1. The zero-order valence-corrected chi connectivity index (χ0v) is 21.6. The molecule has 2 atom stereocenters.